The minimum atomic E-state index is -5.08. The molecule has 13 heteroatoms. The lowest BCUT2D eigenvalue weighted by Gasteiger charge is -2.16. The minimum Gasteiger partial charge on any atom is -0.475 e. The molecule has 0 aliphatic carbocycles. The third kappa shape index (κ3) is 15.3. The van der Waals surface area contributed by atoms with Crippen LogP contribution < -0.4 is 5.32 Å². The fourth-order valence-corrected chi connectivity index (χ4v) is 1.24. The number of hydrogen-bond acceptors (Lipinski definition) is 4. The Hall–Kier alpha value is -1.63. The van der Waals surface area contributed by atoms with Gasteiger partial charge in [-0.3, -0.25) is 4.90 Å². The van der Waals surface area contributed by atoms with E-state index >= 15 is 0 Å². The van der Waals surface area contributed by atoms with Crippen LogP contribution in [-0.4, -0.2) is 78.8 Å². The largest absolute Gasteiger partial charge is 0.490 e. The van der Waals surface area contributed by atoms with Gasteiger partial charge in [0.25, 0.3) is 0 Å². The molecule has 144 valence electrons. The number of aliphatic carboxylic acids is 2. The molecule has 0 unspecified atom stereocenters. The molecular weight excluding hydrogens is 357 g/mol. The van der Waals surface area contributed by atoms with E-state index < -0.39 is 24.3 Å². The van der Waals surface area contributed by atoms with Crippen LogP contribution in [0.5, 0.6) is 0 Å². The molecule has 0 saturated carbocycles. The Kier molecular flexibility index (Phi) is 12.1. The average Bonchev–Trinajstić information content (AvgIpc) is 2.67. The molecule has 0 aromatic carbocycles. The summed E-state index contributed by atoms with van der Waals surface area (Å²) < 4.78 is 75.3. The smallest absolute Gasteiger partial charge is 0.475 e. The molecule has 1 fully saturated rings. The number of hydrogen-bond donors (Lipinski definition) is 3. The van der Waals surface area contributed by atoms with Crippen LogP contribution in [0.25, 0.3) is 0 Å². The highest BCUT2D eigenvalue weighted by Gasteiger charge is 2.38. The van der Waals surface area contributed by atoms with E-state index in [2.05, 4.69) is 10.2 Å². The molecule has 0 spiro atoms. The Morgan fingerprint density at radius 2 is 1.33 bits per heavy atom. The van der Waals surface area contributed by atoms with Gasteiger partial charge in [-0.15, -0.1) is 0 Å². The van der Waals surface area contributed by atoms with Gasteiger partial charge < -0.3 is 15.5 Å². The fourth-order valence-electron chi connectivity index (χ4n) is 1.24. The highest BCUT2D eigenvalue weighted by atomic mass is 19.4. The van der Waals surface area contributed by atoms with Crippen molar-refractivity contribution >= 4 is 11.9 Å². The predicted molar refractivity (Wildman–Crippen MR) is 67.3 cm³/mol. The maximum Gasteiger partial charge on any atom is 0.490 e. The van der Waals surface area contributed by atoms with Gasteiger partial charge in [0.15, 0.2) is 0 Å². The van der Waals surface area contributed by atoms with E-state index in [1.165, 1.54) is 0 Å². The Morgan fingerprint density at radius 1 is 0.917 bits per heavy atom. The number of alkyl halides is 7. The monoisotopic (exact) mass is 374 g/mol. The highest BCUT2D eigenvalue weighted by Crippen LogP contribution is 2.13. The van der Waals surface area contributed by atoms with E-state index in [0.29, 0.717) is 6.54 Å². The van der Waals surface area contributed by atoms with Crippen molar-refractivity contribution in [2.24, 2.45) is 0 Å². The first-order valence-electron chi connectivity index (χ1n) is 6.41. The van der Waals surface area contributed by atoms with E-state index in [1.54, 1.807) is 0 Å². The van der Waals surface area contributed by atoms with Gasteiger partial charge in [0.2, 0.25) is 0 Å². The topological polar surface area (TPSA) is 89.9 Å². The van der Waals surface area contributed by atoms with Gasteiger partial charge >= 0.3 is 24.3 Å². The number of nitrogens with zero attached hydrogens (tertiary/aromatic N) is 1. The molecule has 1 aliphatic heterocycles. The van der Waals surface area contributed by atoms with Crippen LogP contribution in [0.2, 0.25) is 0 Å². The summed E-state index contributed by atoms with van der Waals surface area (Å²) in [6, 6.07) is 0. The van der Waals surface area contributed by atoms with Crippen LogP contribution in [0.15, 0.2) is 0 Å². The van der Waals surface area contributed by atoms with Gasteiger partial charge in [0.05, 0.1) is 0 Å². The normalized spacial score (nSPS) is 16.0. The Labute approximate surface area is 132 Å². The number of carboxylic acids is 2. The number of carbonyl (C=O) groups is 2. The van der Waals surface area contributed by atoms with E-state index in [0.717, 1.165) is 32.6 Å². The fraction of sp³-hybridized carbons (Fsp3) is 0.818. The van der Waals surface area contributed by atoms with Gasteiger partial charge in [-0.2, -0.15) is 26.3 Å². The second-order valence-electron chi connectivity index (χ2n) is 4.24. The first-order valence-corrected chi connectivity index (χ1v) is 6.41. The molecule has 1 saturated heterocycles. The number of halogens is 7. The average molecular weight is 374 g/mol. The maximum atomic E-state index is 11.8. The predicted octanol–water partition coefficient (Wildman–Crippen LogP) is 1.52. The van der Waals surface area contributed by atoms with Crippen molar-refractivity contribution in [3.63, 3.8) is 0 Å². The summed E-state index contributed by atoms with van der Waals surface area (Å²) in [5, 5.41) is 17.5. The summed E-state index contributed by atoms with van der Waals surface area (Å²) in [5.74, 6) is -5.51. The van der Waals surface area contributed by atoms with Crippen molar-refractivity contribution in [2.75, 3.05) is 39.4 Å². The number of carboxylic acid groups (broad SMARTS) is 2. The zero-order valence-electron chi connectivity index (χ0n) is 12.3. The summed E-state index contributed by atoms with van der Waals surface area (Å²) in [6.45, 7) is 4.56. The molecule has 1 aliphatic rings. The molecule has 1 heterocycles. The second kappa shape index (κ2) is 11.8. The van der Waals surface area contributed by atoms with Crippen LogP contribution >= 0.6 is 0 Å². The Morgan fingerprint density at radius 3 is 1.67 bits per heavy atom. The zero-order chi connectivity index (χ0) is 19.4. The van der Waals surface area contributed by atoms with E-state index in [9.17, 15) is 30.7 Å². The summed E-state index contributed by atoms with van der Waals surface area (Å²) in [6.07, 6.45) is -9.01. The number of rotatable bonds is 2. The molecule has 0 amide bonds. The first kappa shape index (κ1) is 24.6. The van der Waals surface area contributed by atoms with Crippen molar-refractivity contribution in [1.29, 1.82) is 0 Å². The summed E-state index contributed by atoms with van der Waals surface area (Å²) >= 11 is 0. The molecule has 3 N–H and O–H groups in total. The minimum absolute atomic E-state index is 0.208. The van der Waals surface area contributed by atoms with Crippen LogP contribution in [0.1, 0.15) is 6.42 Å². The van der Waals surface area contributed by atoms with Crippen molar-refractivity contribution in [1.82, 2.24) is 10.2 Å². The van der Waals surface area contributed by atoms with Crippen LogP contribution in [0.4, 0.5) is 30.7 Å². The highest BCUT2D eigenvalue weighted by molar-refractivity contribution is 5.73. The quantitative estimate of drug-likeness (QED) is 0.635. The molecule has 0 radical (unpaired) electrons. The third-order valence-electron chi connectivity index (χ3n) is 2.32. The van der Waals surface area contributed by atoms with Crippen LogP contribution in [0, 0.1) is 0 Å². The lowest BCUT2D eigenvalue weighted by atomic mass is 10.4. The van der Waals surface area contributed by atoms with Crippen molar-refractivity contribution in [3.8, 4) is 0 Å². The standard InChI is InChI=1S/C7H15FN2.2C2HF3O2/c8-2-6-10-5-1-3-9-4-7-10;2*3-2(4,5)1(6)7/h9H,1-7H2;2*(H,6,7). The molecule has 0 atom stereocenters. The van der Waals surface area contributed by atoms with E-state index in [1.807, 2.05) is 0 Å². The molecule has 0 aromatic heterocycles. The van der Waals surface area contributed by atoms with Gasteiger partial charge in [0, 0.05) is 19.6 Å². The first-order chi connectivity index (χ1) is 10.8. The third-order valence-corrected chi connectivity index (χ3v) is 2.32. The van der Waals surface area contributed by atoms with Crippen molar-refractivity contribution < 1.29 is 50.5 Å². The molecule has 1 rings (SSSR count). The summed E-state index contributed by atoms with van der Waals surface area (Å²) in [5.41, 5.74) is 0. The van der Waals surface area contributed by atoms with E-state index in [4.69, 9.17) is 19.8 Å². The van der Waals surface area contributed by atoms with Crippen LogP contribution in [0.3, 0.4) is 0 Å². The zero-order valence-corrected chi connectivity index (χ0v) is 12.3. The second-order valence-corrected chi connectivity index (χ2v) is 4.24. The molecular formula is C11H17F7N2O4. The molecule has 6 nitrogen and oxygen atoms in total. The van der Waals surface area contributed by atoms with Gasteiger partial charge in [-0.1, -0.05) is 0 Å². The maximum absolute atomic E-state index is 11.8. The molecule has 24 heavy (non-hydrogen) atoms. The van der Waals surface area contributed by atoms with Gasteiger partial charge in [0.1, 0.15) is 6.67 Å². The lowest BCUT2D eigenvalue weighted by molar-refractivity contribution is -0.193. The Balaban J connectivity index is 0. The molecule has 0 bridgehead atoms. The summed E-state index contributed by atoms with van der Waals surface area (Å²) in [7, 11) is 0. The number of nitrogens with one attached hydrogen (secondary N) is 1. The van der Waals surface area contributed by atoms with Gasteiger partial charge in [-0.05, 0) is 19.5 Å². The Bertz CT molecular complexity index is 342. The SMILES string of the molecule is FCCN1CCCNCC1.O=C(O)C(F)(F)F.O=C(O)C(F)(F)F. The van der Waals surface area contributed by atoms with Gasteiger partial charge in [-0.25, -0.2) is 14.0 Å². The van der Waals surface area contributed by atoms with Crippen LogP contribution in [-0.2, 0) is 9.59 Å². The lowest BCUT2D eigenvalue weighted by Crippen LogP contribution is -2.29. The molecule has 0 aromatic rings. The summed E-state index contributed by atoms with van der Waals surface area (Å²) in [4.78, 5) is 20.0. The van der Waals surface area contributed by atoms with Crippen molar-refractivity contribution in [2.45, 2.75) is 18.8 Å². The van der Waals surface area contributed by atoms with Crippen molar-refractivity contribution in [3.05, 3.63) is 0 Å². The van der Waals surface area contributed by atoms with E-state index in [-0.39, 0.29) is 6.67 Å².